The number of amides is 5. The second-order valence-corrected chi connectivity index (χ2v) is 13.6. The standard InChI is InChI=1S/C28H28ClFN6O7S2/c1-31-16-2-4-18-19(14-16)24(25(37)32-8-9-35-10-12-43-13-11-35)27(39)36(26(18)38)21-5-3-17(15-20(21)30)33-28(40)34-45(41,42)23-7-6-22(29)44-23/h2-7,14-15,24,31H,8-13H2,1H3,(H,32,37)(H2,33,34,40). The summed E-state index contributed by atoms with van der Waals surface area (Å²) in [6.45, 7) is 3.35. The Morgan fingerprint density at radius 2 is 1.80 bits per heavy atom. The molecule has 0 saturated carbocycles. The van der Waals surface area contributed by atoms with E-state index in [1.807, 2.05) is 0 Å². The molecule has 2 aliphatic heterocycles. The van der Waals surface area contributed by atoms with Crippen LogP contribution in [0.25, 0.3) is 0 Å². The fraction of sp³-hybridized carbons (Fsp3) is 0.286. The first-order chi connectivity index (χ1) is 21.5. The molecule has 0 spiro atoms. The Labute approximate surface area is 266 Å². The second-order valence-electron chi connectivity index (χ2n) is 9.99. The van der Waals surface area contributed by atoms with Gasteiger partial charge in [-0.3, -0.25) is 19.3 Å². The van der Waals surface area contributed by atoms with Crippen LogP contribution in [0.15, 0.2) is 52.7 Å². The van der Waals surface area contributed by atoms with E-state index in [2.05, 4.69) is 20.9 Å². The molecule has 45 heavy (non-hydrogen) atoms. The summed E-state index contributed by atoms with van der Waals surface area (Å²) in [5, 5.41) is 7.89. The molecule has 1 unspecified atom stereocenters. The number of hydrogen-bond acceptors (Lipinski definition) is 10. The average Bonchev–Trinajstić information content (AvgIpc) is 3.45. The third-order valence-electron chi connectivity index (χ3n) is 7.13. The number of halogens is 2. The summed E-state index contributed by atoms with van der Waals surface area (Å²) in [5.41, 5.74) is 0.174. The molecule has 0 bridgehead atoms. The van der Waals surface area contributed by atoms with E-state index in [-0.39, 0.29) is 31.9 Å². The Morgan fingerprint density at radius 3 is 2.47 bits per heavy atom. The number of rotatable bonds is 9. The SMILES string of the molecule is CNc1ccc2c(c1)C(C(=O)NCCN1CCOCC1)C(=O)N(c1ccc(NC(=O)NS(=O)(=O)c3ccc(Cl)s3)cc1F)C2=O. The van der Waals surface area contributed by atoms with Gasteiger partial charge >= 0.3 is 6.03 Å². The summed E-state index contributed by atoms with van der Waals surface area (Å²) in [7, 11) is -2.59. The van der Waals surface area contributed by atoms with Crippen LogP contribution in [0, 0.1) is 5.82 Å². The van der Waals surface area contributed by atoms with Gasteiger partial charge in [-0.15, -0.1) is 11.3 Å². The summed E-state index contributed by atoms with van der Waals surface area (Å²) in [6.07, 6.45) is 0. The topological polar surface area (TPSA) is 166 Å². The van der Waals surface area contributed by atoms with Crippen molar-refractivity contribution in [2.75, 3.05) is 62.0 Å². The van der Waals surface area contributed by atoms with Crippen LogP contribution in [0.5, 0.6) is 0 Å². The molecule has 1 aromatic heterocycles. The number of thiophene rings is 1. The van der Waals surface area contributed by atoms with Crippen LogP contribution < -0.4 is 25.6 Å². The molecule has 4 N–H and O–H groups in total. The van der Waals surface area contributed by atoms with Gasteiger partial charge in [0.15, 0.2) is 0 Å². The van der Waals surface area contributed by atoms with E-state index in [4.69, 9.17) is 16.3 Å². The zero-order valence-electron chi connectivity index (χ0n) is 23.8. The molecule has 3 aromatic rings. The van der Waals surface area contributed by atoms with Crippen LogP contribution in [-0.4, -0.2) is 83.5 Å². The van der Waals surface area contributed by atoms with E-state index in [0.29, 0.717) is 43.4 Å². The highest BCUT2D eigenvalue weighted by molar-refractivity contribution is 7.92. The fourth-order valence-corrected chi connectivity index (χ4v) is 7.31. The molecule has 3 heterocycles. The highest BCUT2D eigenvalue weighted by Crippen LogP contribution is 2.36. The number of benzene rings is 2. The molecule has 2 aromatic carbocycles. The average molecular weight is 679 g/mol. The number of carbonyl (C=O) groups excluding carboxylic acids is 4. The summed E-state index contributed by atoms with van der Waals surface area (Å²) in [4.78, 5) is 55.8. The van der Waals surface area contributed by atoms with Gasteiger partial charge in [0.2, 0.25) is 5.91 Å². The van der Waals surface area contributed by atoms with E-state index in [1.54, 1.807) is 17.8 Å². The minimum Gasteiger partial charge on any atom is -0.388 e. The lowest BCUT2D eigenvalue weighted by molar-refractivity contribution is -0.130. The lowest BCUT2D eigenvalue weighted by Crippen LogP contribution is -2.51. The van der Waals surface area contributed by atoms with Crippen LogP contribution in [-0.2, 0) is 24.3 Å². The number of fused-ring (bicyclic) bond motifs is 1. The molecule has 5 amide bonds. The van der Waals surface area contributed by atoms with Gasteiger partial charge in [0.1, 0.15) is 15.9 Å². The maximum absolute atomic E-state index is 15.5. The van der Waals surface area contributed by atoms with Crippen molar-refractivity contribution >= 4 is 73.8 Å². The highest BCUT2D eigenvalue weighted by atomic mass is 35.5. The Balaban J connectivity index is 1.36. The highest BCUT2D eigenvalue weighted by Gasteiger charge is 2.44. The summed E-state index contributed by atoms with van der Waals surface area (Å²) in [6, 6.07) is 9.07. The van der Waals surface area contributed by atoms with Crippen molar-refractivity contribution in [2.45, 2.75) is 10.1 Å². The van der Waals surface area contributed by atoms with E-state index in [1.165, 1.54) is 30.3 Å². The minimum absolute atomic E-state index is 0.0433. The Bertz CT molecular complexity index is 1760. The third-order valence-corrected chi connectivity index (χ3v) is 10.2. The number of imide groups is 1. The van der Waals surface area contributed by atoms with Crippen LogP contribution >= 0.6 is 22.9 Å². The van der Waals surface area contributed by atoms with Crippen molar-refractivity contribution in [2.24, 2.45) is 0 Å². The van der Waals surface area contributed by atoms with Gasteiger partial charge in [-0.05, 0) is 54.1 Å². The van der Waals surface area contributed by atoms with Crippen LogP contribution in [0.4, 0.5) is 26.2 Å². The molecule has 17 heteroatoms. The molecular formula is C28H28ClFN6O7S2. The van der Waals surface area contributed by atoms with E-state index in [0.717, 1.165) is 23.5 Å². The van der Waals surface area contributed by atoms with Crippen molar-refractivity contribution in [3.63, 3.8) is 0 Å². The second kappa shape index (κ2) is 13.5. The molecule has 13 nitrogen and oxygen atoms in total. The first kappa shape index (κ1) is 32.3. The number of anilines is 3. The largest absolute Gasteiger partial charge is 0.388 e. The molecule has 1 saturated heterocycles. The first-order valence-corrected chi connectivity index (χ1v) is 16.3. The lowest BCUT2D eigenvalue weighted by atomic mass is 9.86. The van der Waals surface area contributed by atoms with Crippen molar-refractivity contribution in [1.29, 1.82) is 0 Å². The van der Waals surface area contributed by atoms with Crippen molar-refractivity contribution < 1.29 is 36.7 Å². The van der Waals surface area contributed by atoms with Gasteiger partial charge in [-0.1, -0.05) is 11.6 Å². The Hall–Kier alpha value is -4.09. The van der Waals surface area contributed by atoms with Crippen molar-refractivity contribution in [1.82, 2.24) is 14.9 Å². The third kappa shape index (κ3) is 7.10. The van der Waals surface area contributed by atoms with Gasteiger partial charge in [0.05, 0.1) is 23.2 Å². The first-order valence-electron chi connectivity index (χ1n) is 13.6. The molecule has 0 aliphatic carbocycles. The molecule has 0 radical (unpaired) electrons. The smallest absolute Gasteiger partial charge is 0.333 e. The summed E-state index contributed by atoms with van der Waals surface area (Å²) in [5.74, 6) is -4.97. The monoisotopic (exact) mass is 678 g/mol. The number of hydrogen-bond donors (Lipinski definition) is 4. The quantitative estimate of drug-likeness (QED) is 0.197. The van der Waals surface area contributed by atoms with Gasteiger partial charge in [-0.2, -0.15) is 0 Å². The summed E-state index contributed by atoms with van der Waals surface area (Å²) < 4.78 is 47.4. The van der Waals surface area contributed by atoms with Crippen LogP contribution in [0.3, 0.4) is 0 Å². The molecule has 238 valence electrons. The molecule has 1 atom stereocenters. The van der Waals surface area contributed by atoms with Crippen molar-refractivity contribution in [3.8, 4) is 0 Å². The fourth-order valence-electron chi connectivity index (χ4n) is 4.92. The van der Waals surface area contributed by atoms with Gasteiger partial charge in [0, 0.05) is 50.2 Å². The Kier molecular flexibility index (Phi) is 9.69. The molecule has 2 aliphatic rings. The predicted molar refractivity (Wildman–Crippen MR) is 166 cm³/mol. The molecule has 5 rings (SSSR count). The van der Waals surface area contributed by atoms with E-state index >= 15 is 4.39 Å². The normalized spacial score (nSPS) is 17.0. The summed E-state index contributed by atoms with van der Waals surface area (Å²) >= 11 is 6.51. The molecular weight excluding hydrogens is 651 g/mol. The van der Waals surface area contributed by atoms with E-state index < -0.39 is 51.2 Å². The maximum Gasteiger partial charge on any atom is 0.333 e. The van der Waals surface area contributed by atoms with Crippen molar-refractivity contribution in [3.05, 3.63) is 69.8 Å². The minimum atomic E-state index is -4.24. The van der Waals surface area contributed by atoms with Gasteiger partial charge in [-0.25, -0.2) is 27.2 Å². The number of urea groups is 1. The number of carbonyl (C=O) groups is 4. The number of morpholine rings is 1. The van der Waals surface area contributed by atoms with Crippen LogP contribution in [0.2, 0.25) is 4.34 Å². The number of nitrogens with one attached hydrogen (secondary N) is 4. The zero-order valence-corrected chi connectivity index (χ0v) is 26.2. The maximum atomic E-state index is 15.5. The predicted octanol–water partition coefficient (Wildman–Crippen LogP) is 2.81. The molecule has 1 fully saturated rings. The number of sulfonamides is 1. The van der Waals surface area contributed by atoms with Crippen LogP contribution in [0.1, 0.15) is 21.8 Å². The zero-order chi connectivity index (χ0) is 32.3. The van der Waals surface area contributed by atoms with Gasteiger partial charge < -0.3 is 20.7 Å². The Morgan fingerprint density at radius 1 is 1.07 bits per heavy atom. The number of nitrogens with zero attached hydrogens (tertiary/aromatic N) is 2. The number of ether oxygens (including phenoxy) is 1. The van der Waals surface area contributed by atoms with Gasteiger partial charge in [0.25, 0.3) is 21.8 Å². The lowest BCUT2D eigenvalue weighted by Gasteiger charge is -2.32. The van der Waals surface area contributed by atoms with E-state index in [9.17, 15) is 27.6 Å².